The maximum absolute atomic E-state index is 12.2. The van der Waals surface area contributed by atoms with Crippen LogP contribution < -0.4 is 0 Å². The van der Waals surface area contributed by atoms with Crippen molar-refractivity contribution in [2.75, 3.05) is 0 Å². The summed E-state index contributed by atoms with van der Waals surface area (Å²) >= 11 is 0. The predicted molar refractivity (Wildman–Crippen MR) is 74.7 cm³/mol. The van der Waals surface area contributed by atoms with E-state index in [0.717, 1.165) is 24.5 Å². The maximum atomic E-state index is 12.2. The van der Waals surface area contributed by atoms with Gasteiger partial charge in [0.15, 0.2) is 0 Å². The highest BCUT2D eigenvalue weighted by molar-refractivity contribution is 5.82. The summed E-state index contributed by atoms with van der Waals surface area (Å²) in [5, 5.41) is 7.87. The van der Waals surface area contributed by atoms with E-state index >= 15 is 0 Å². The van der Waals surface area contributed by atoms with Crippen LogP contribution in [0.2, 0.25) is 0 Å². The molecule has 1 heterocycles. The molecule has 1 aromatic rings. The summed E-state index contributed by atoms with van der Waals surface area (Å²) in [4.78, 5) is 12.2. The molecule has 0 unspecified atom stereocenters. The zero-order valence-corrected chi connectivity index (χ0v) is 12.1. The quantitative estimate of drug-likeness (QED) is 0.793. The highest BCUT2D eigenvalue weighted by atomic mass is 16.1. The Hall–Kier alpha value is -1.19. The first-order valence-corrected chi connectivity index (χ1v) is 7.57. The third-order valence-corrected chi connectivity index (χ3v) is 4.27. The standard InChI is InChI=1S/C15H25N3O/c1-3-4-5-12-6-8-13(9-7-12)15(19)10-14-11-18(2)17-16-14/h11-13H,3-10H2,1-2H3. The Balaban J connectivity index is 1.76. The van der Waals surface area contributed by atoms with E-state index in [1.807, 2.05) is 13.2 Å². The summed E-state index contributed by atoms with van der Waals surface area (Å²) in [6.45, 7) is 2.25. The smallest absolute Gasteiger partial charge is 0.142 e. The predicted octanol–water partition coefficient (Wildman–Crippen LogP) is 2.92. The van der Waals surface area contributed by atoms with Crippen LogP contribution in [0.25, 0.3) is 0 Å². The zero-order chi connectivity index (χ0) is 13.7. The minimum absolute atomic E-state index is 0.264. The molecule has 19 heavy (non-hydrogen) atoms. The van der Waals surface area contributed by atoms with Crippen molar-refractivity contribution >= 4 is 5.78 Å². The third kappa shape index (κ3) is 4.15. The lowest BCUT2D eigenvalue weighted by Gasteiger charge is -2.27. The number of aromatic nitrogens is 3. The first-order valence-electron chi connectivity index (χ1n) is 7.57. The van der Waals surface area contributed by atoms with Crippen molar-refractivity contribution in [1.82, 2.24) is 15.0 Å². The van der Waals surface area contributed by atoms with Gasteiger partial charge in [0.2, 0.25) is 0 Å². The lowest BCUT2D eigenvalue weighted by atomic mass is 9.77. The Labute approximate surface area is 115 Å². The second kappa shape index (κ2) is 6.83. The van der Waals surface area contributed by atoms with Crippen LogP contribution in [0.3, 0.4) is 0 Å². The molecule has 1 aliphatic rings. The van der Waals surface area contributed by atoms with Crippen molar-refractivity contribution in [3.05, 3.63) is 11.9 Å². The molecule has 4 heteroatoms. The van der Waals surface area contributed by atoms with Crippen LogP contribution in [0.5, 0.6) is 0 Å². The van der Waals surface area contributed by atoms with Gasteiger partial charge < -0.3 is 0 Å². The van der Waals surface area contributed by atoms with E-state index in [1.54, 1.807) is 4.68 Å². The van der Waals surface area contributed by atoms with Crippen LogP contribution in [0, 0.1) is 11.8 Å². The Bertz CT molecular complexity index is 405. The summed E-state index contributed by atoms with van der Waals surface area (Å²) in [5.74, 6) is 1.48. The Morgan fingerprint density at radius 1 is 1.37 bits per heavy atom. The van der Waals surface area contributed by atoms with E-state index in [9.17, 15) is 4.79 Å². The van der Waals surface area contributed by atoms with Crippen molar-refractivity contribution in [3.63, 3.8) is 0 Å². The highest BCUT2D eigenvalue weighted by Gasteiger charge is 2.26. The number of aryl methyl sites for hydroxylation is 1. The molecule has 0 bridgehead atoms. The van der Waals surface area contributed by atoms with Crippen molar-refractivity contribution in [2.24, 2.45) is 18.9 Å². The van der Waals surface area contributed by atoms with Crippen molar-refractivity contribution < 1.29 is 4.79 Å². The van der Waals surface area contributed by atoms with Crippen molar-refractivity contribution in [3.8, 4) is 0 Å². The number of carbonyl (C=O) groups excluding carboxylic acids is 1. The normalized spacial score (nSPS) is 23.5. The van der Waals surface area contributed by atoms with Gasteiger partial charge in [-0.05, 0) is 31.6 Å². The molecule has 0 amide bonds. The molecule has 0 atom stereocenters. The molecule has 4 nitrogen and oxygen atoms in total. The van der Waals surface area contributed by atoms with Crippen molar-refractivity contribution in [1.29, 1.82) is 0 Å². The van der Waals surface area contributed by atoms with Gasteiger partial charge >= 0.3 is 0 Å². The number of carbonyl (C=O) groups is 1. The molecule has 1 saturated carbocycles. The molecule has 0 radical (unpaired) electrons. The van der Waals surface area contributed by atoms with E-state index < -0.39 is 0 Å². The Kier molecular flexibility index (Phi) is 5.11. The number of Topliss-reactive ketones (excluding diaryl/α,β-unsaturated/α-hetero) is 1. The molecule has 0 saturated heterocycles. The first kappa shape index (κ1) is 14.2. The van der Waals surface area contributed by atoms with Gasteiger partial charge in [-0.1, -0.05) is 31.4 Å². The van der Waals surface area contributed by atoms with Crippen LogP contribution in [0.15, 0.2) is 6.20 Å². The first-order chi connectivity index (χ1) is 9.19. The molecular formula is C15H25N3O. The lowest BCUT2D eigenvalue weighted by Crippen LogP contribution is -2.23. The van der Waals surface area contributed by atoms with E-state index in [-0.39, 0.29) is 5.92 Å². The molecule has 106 valence electrons. The van der Waals surface area contributed by atoms with Gasteiger partial charge in [-0.25, -0.2) is 0 Å². The third-order valence-electron chi connectivity index (χ3n) is 4.27. The molecule has 0 spiro atoms. The fraction of sp³-hybridized carbons (Fsp3) is 0.800. The number of ketones is 1. The topological polar surface area (TPSA) is 47.8 Å². The monoisotopic (exact) mass is 263 g/mol. The van der Waals surface area contributed by atoms with E-state index in [4.69, 9.17) is 0 Å². The second-order valence-corrected chi connectivity index (χ2v) is 5.89. The van der Waals surface area contributed by atoms with Gasteiger partial charge in [-0.15, -0.1) is 5.10 Å². The van der Waals surface area contributed by atoms with E-state index in [1.165, 1.54) is 32.1 Å². The number of hydrogen-bond acceptors (Lipinski definition) is 3. The summed E-state index contributed by atoms with van der Waals surface area (Å²) in [5.41, 5.74) is 0.806. The van der Waals surface area contributed by atoms with Gasteiger partial charge in [0, 0.05) is 19.2 Å². The van der Waals surface area contributed by atoms with Gasteiger partial charge in [0.1, 0.15) is 5.78 Å². The van der Waals surface area contributed by atoms with Crippen LogP contribution in [0.4, 0.5) is 0 Å². The number of rotatable bonds is 6. The zero-order valence-electron chi connectivity index (χ0n) is 12.1. The fourth-order valence-corrected chi connectivity index (χ4v) is 3.07. The Morgan fingerprint density at radius 3 is 2.68 bits per heavy atom. The number of hydrogen-bond donors (Lipinski definition) is 0. The van der Waals surface area contributed by atoms with Crippen molar-refractivity contribution in [2.45, 2.75) is 58.3 Å². The lowest BCUT2D eigenvalue weighted by molar-refractivity contribution is -0.123. The second-order valence-electron chi connectivity index (χ2n) is 5.89. The van der Waals surface area contributed by atoms with Gasteiger partial charge in [0.05, 0.1) is 12.1 Å². The Morgan fingerprint density at radius 2 is 2.11 bits per heavy atom. The molecule has 0 aliphatic heterocycles. The minimum Gasteiger partial charge on any atom is -0.299 e. The minimum atomic E-state index is 0.264. The maximum Gasteiger partial charge on any atom is 0.142 e. The molecule has 0 N–H and O–H groups in total. The fourth-order valence-electron chi connectivity index (χ4n) is 3.07. The van der Waals surface area contributed by atoms with Crippen LogP contribution in [-0.4, -0.2) is 20.8 Å². The largest absolute Gasteiger partial charge is 0.299 e. The van der Waals surface area contributed by atoms with Crippen LogP contribution in [0.1, 0.15) is 57.6 Å². The van der Waals surface area contributed by atoms with Crippen LogP contribution >= 0.6 is 0 Å². The molecular weight excluding hydrogens is 238 g/mol. The van der Waals surface area contributed by atoms with Gasteiger partial charge in [-0.2, -0.15) is 0 Å². The molecule has 2 rings (SSSR count). The highest BCUT2D eigenvalue weighted by Crippen LogP contribution is 2.32. The van der Waals surface area contributed by atoms with Gasteiger partial charge in [-0.3, -0.25) is 9.48 Å². The molecule has 1 aliphatic carbocycles. The van der Waals surface area contributed by atoms with Gasteiger partial charge in [0.25, 0.3) is 0 Å². The molecule has 1 aromatic heterocycles. The van der Waals surface area contributed by atoms with E-state index in [2.05, 4.69) is 17.2 Å². The van der Waals surface area contributed by atoms with E-state index in [0.29, 0.717) is 12.2 Å². The number of unbranched alkanes of at least 4 members (excludes halogenated alkanes) is 1. The molecule has 0 aromatic carbocycles. The summed E-state index contributed by atoms with van der Waals surface area (Å²) in [7, 11) is 1.83. The SMILES string of the molecule is CCCCC1CCC(C(=O)Cc2cn(C)nn2)CC1. The average Bonchev–Trinajstić information content (AvgIpc) is 2.82. The van der Waals surface area contributed by atoms with Crippen LogP contribution in [-0.2, 0) is 18.3 Å². The number of nitrogens with zero attached hydrogens (tertiary/aromatic N) is 3. The summed E-state index contributed by atoms with van der Waals surface area (Å²) < 4.78 is 1.66. The molecule has 1 fully saturated rings. The summed E-state index contributed by atoms with van der Waals surface area (Å²) in [6.07, 6.45) is 10.9. The summed E-state index contributed by atoms with van der Waals surface area (Å²) in [6, 6.07) is 0. The average molecular weight is 263 g/mol.